The van der Waals surface area contributed by atoms with Gasteiger partial charge < -0.3 is 79.1 Å². The number of nitrogens with two attached hydrogens (primary N) is 1. The summed E-state index contributed by atoms with van der Waals surface area (Å²) in [7, 11) is 0. The van der Waals surface area contributed by atoms with Crippen LogP contribution in [0.15, 0.2) is 30.3 Å². The first-order valence-electron chi connectivity index (χ1n) is 24.0. The lowest BCUT2D eigenvalue weighted by Crippen LogP contribution is -2.61. The molecular formula is C47H72N10O18. The van der Waals surface area contributed by atoms with Crippen LogP contribution < -0.4 is 53.6 Å². The minimum absolute atomic E-state index is 0.0740. The minimum atomic E-state index is -1.90. The number of amides is 10. The van der Waals surface area contributed by atoms with E-state index in [1.165, 1.54) is 0 Å². The van der Waals surface area contributed by atoms with Gasteiger partial charge in [-0.2, -0.15) is 0 Å². The number of rotatable bonds is 35. The molecule has 10 amide bonds. The number of primary amides is 1. The highest BCUT2D eigenvalue weighted by Crippen LogP contribution is 2.11. The number of aliphatic hydroxyl groups excluding tert-OH is 2. The van der Waals surface area contributed by atoms with Crippen LogP contribution in [0.5, 0.6) is 0 Å². The summed E-state index contributed by atoms with van der Waals surface area (Å²) >= 11 is 0. The zero-order valence-electron chi connectivity index (χ0n) is 42.6. The first-order chi connectivity index (χ1) is 35.0. The van der Waals surface area contributed by atoms with Gasteiger partial charge in [-0.15, -0.1) is 0 Å². The van der Waals surface area contributed by atoms with E-state index in [9.17, 15) is 87.9 Å². The lowest BCUT2D eigenvalue weighted by atomic mass is 10.0. The van der Waals surface area contributed by atoms with Gasteiger partial charge in [0.1, 0.15) is 48.3 Å². The first-order valence-corrected chi connectivity index (χ1v) is 24.0. The topological polar surface area (TPSA) is 457 Å². The number of carboxylic acid groups (broad SMARTS) is 3. The van der Waals surface area contributed by atoms with Crippen molar-refractivity contribution in [3.8, 4) is 0 Å². The number of benzene rings is 1. The van der Waals surface area contributed by atoms with E-state index in [0.29, 0.717) is 5.56 Å². The molecule has 1 rings (SSSR count). The quantitative estimate of drug-likeness (QED) is 0.0306. The molecule has 0 fully saturated rings. The van der Waals surface area contributed by atoms with Crippen LogP contribution in [0, 0.1) is 11.8 Å². The number of carbonyl (C=O) groups is 13. The van der Waals surface area contributed by atoms with E-state index in [1.807, 2.05) is 0 Å². The van der Waals surface area contributed by atoms with Gasteiger partial charge >= 0.3 is 17.9 Å². The molecule has 0 aromatic heterocycles. The SMILES string of the molecule is CC(=O)N[C@@H](CC(C)C)C(=O)N[C@@H](CC(=O)O)C(=O)N[C@@H](CCC(=O)O)C(=O)N[C@@H](CCO)C(=O)N[C@H](C(=O)NCC(=O)N[C@@H](CCC(=O)O)C(=O)N[C@@H](Cc1ccccc1)C(=O)N[C@@H](CC(C)C)C(N)=O)[C@@H](C)O. The van der Waals surface area contributed by atoms with Crippen molar-refractivity contribution in [1.29, 1.82) is 0 Å². The molecule has 418 valence electrons. The first kappa shape index (κ1) is 65.3. The Bertz CT molecular complexity index is 2180. The van der Waals surface area contributed by atoms with Crippen molar-refractivity contribution in [3.63, 3.8) is 0 Å². The average Bonchev–Trinajstić information content (AvgIpc) is 3.30. The molecule has 0 radical (unpaired) electrons. The monoisotopic (exact) mass is 1060 g/mol. The van der Waals surface area contributed by atoms with Gasteiger partial charge in [-0.05, 0) is 56.4 Å². The number of aliphatic carboxylic acids is 3. The summed E-state index contributed by atoms with van der Waals surface area (Å²) < 4.78 is 0. The fourth-order valence-electron chi connectivity index (χ4n) is 7.12. The van der Waals surface area contributed by atoms with Crippen molar-refractivity contribution in [2.75, 3.05) is 13.2 Å². The molecule has 75 heavy (non-hydrogen) atoms. The molecular weight excluding hydrogens is 993 g/mol. The van der Waals surface area contributed by atoms with E-state index in [1.54, 1.807) is 58.0 Å². The van der Waals surface area contributed by atoms with Crippen molar-refractivity contribution in [2.45, 2.75) is 154 Å². The van der Waals surface area contributed by atoms with Gasteiger partial charge in [0.15, 0.2) is 0 Å². The third-order valence-corrected chi connectivity index (χ3v) is 10.8. The Balaban J connectivity index is 3.29. The maximum Gasteiger partial charge on any atom is 0.305 e. The maximum atomic E-state index is 13.7. The average molecular weight is 1070 g/mol. The zero-order chi connectivity index (χ0) is 57.1. The number of hydrogen-bond donors (Lipinski definition) is 15. The van der Waals surface area contributed by atoms with Crippen LogP contribution in [0.25, 0.3) is 0 Å². The molecule has 0 saturated carbocycles. The smallest absolute Gasteiger partial charge is 0.305 e. The summed E-state index contributed by atoms with van der Waals surface area (Å²) in [5.41, 5.74) is 6.08. The van der Waals surface area contributed by atoms with E-state index in [0.717, 1.165) is 13.8 Å². The number of hydrogen-bond acceptors (Lipinski definition) is 15. The molecule has 0 aliphatic heterocycles. The lowest BCUT2D eigenvalue weighted by Gasteiger charge is -2.27. The molecule has 28 nitrogen and oxygen atoms in total. The standard InChI is InChI=1S/C47H72N10O18/c1-23(2)18-31(40(48)68)54-45(73)33(20-27-10-8-7-9-11-27)55-41(69)28(12-14-36(62)63)51-35(61)22-49-47(75)39(25(5)59)57-43(71)30(16-17-58)53-42(70)29(13-15-37(64)65)52-46(74)34(21-38(66)67)56-44(72)32(19-24(3)4)50-26(6)60/h7-11,23-25,28-34,39,58-59H,12-22H2,1-6H3,(H2,48,68)(H,49,75)(H,50,60)(H,51,61)(H,52,74)(H,53,70)(H,54,73)(H,55,69)(H,56,72)(H,57,71)(H,62,63)(H,64,65)(H,66,67)/t25-,28+,29+,30+,31+,32+,33+,34+,39+/m1/s1. The molecule has 28 heteroatoms. The summed E-state index contributed by atoms with van der Waals surface area (Å²) in [4.78, 5) is 166. The van der Waals surface area contributed by atoms with Crippen LogP contribution in [0.4, 0.5) is 0 Å². The van der Waals surface area contributed by atoms with E-state index in [4.69, 9.17) is 5.73 Å². The normalized spacial score (nSPS) is 14.6. The second-order valence-electron chi connectivity index (χ2n) is 18.4. The summed E-state index contributed by atoms with van der Waals surface area (Å²) in [6, 6.07) is -4.32. The Morgan fingerprint density at radius 3 is 1.40 bits per heavy atom. The molecule has 9 atom stereocenters. The highest BCUT2D eigenvalue weighted by molar-refractivity contribution is 5.99. The number of carbonyl (C=O) groups excluding carboxylic acids is 10. The summed E-state index contributed by atoms with van der Waals surface area (Å²) in [5, 5.41) is 69.2. The third-order valence-electron chi connectivity index (χ3n) is 10.8. The molecule has 0 spiro atoms. The van der Waals surface area contributed by atoms with Gasteiger partial charge in [-0.25, -0.2) is 0 Å². The number of aliphatic hydroxyl groups is 2. The van der Waals surface area contributed by atoms with Crippen molar-refractivity contribution in [1.82, 2.24) is 47.9 Å². The van der Waals surface area contributed by atoms with Gasteiger partial charge in [0.2, 0.25) is 59.1 Å². The Labute approximate surface area is 432 Å². The maximum absolute atomic E-state index is 13.7. The molecule has 0 saturated heterocycles. The van der Waals surface area contributed by atoms with Crippen molar-refractivity contribution < 1.29 is 87.9 Å². The summed E-state index contributed by atoms with van der Waals surface area (Å²) in [5.74, 6) is -14.9. The lowest BCUT2D eigenvalue weighted by molar-refractivity contribution is -0.142. The van der Waals surface area contributed by atoms with Crippen LogP contribution in [0.2, 0.25) is 0 Å². The molecule has 0 heterocycles. The van der Waals surface area contributed by atoms with Gasteiger partial charge in [0.05, 0.1) is 19.1 Å². The van der Waals surface area contributed by atoms with Crippen molar-refractivity contribution in [3.05, 3.63) is 35.9 Å². The molecule has 0 aliphatic carbocycles. The highest BCUT2D eigenvalue weighted by Gasteiger charge is 2.35. The second kappa shape index (κ2) is 33.1. The third kappa shape index (κ3) is 26.2. The van der Waals surface area contributed by atoms with Gasteiger partial charge in [0.25, 0.3) is 0 Å². The van der Waals surface area contributed by atoms with Crippen LogP contribution in [0.1, 0.15) is 98.5 Å². The largest absolute Gasteiger partial charge is 0.481 e. The summed E-state index contributed by atoms with van der Waals surface area (Å²) in [6.45, 7) is 7.47. The van der Waals surface area contributed by atoms with E-state index in [-0.39, 0.29) is 31.1 Å². The second-order valence-corrected chi connectivity index (χ2v) is 18.4. The van der Waals surface area contributed by atoms with E-state index >= 15 is 0 Å². The van der Waals surface area contributed by atoms with Crippen molar-refractivity contribution in [2.24, 2.45) is 17.6 Å². The highest BCUT2D eigenvalue weighted by atomic mass is 16.4. The zero-order valence-corrected chi connectivity index (χ0v) is 42.6. The Morgan fingerprint density at radius 1 is 0.507 bits per heavy atom. The molecule has 0 unspecified atom stereocenters. The van der Waals surface area contributed by atoms with Gasteiger partial charge in [-0.1, -0.05) is 58.0 Å². The fraction of sp³-hybridized carbons (Fsp3) is 0.596. The fourth-order valence-corrected chi connectivity index (χ4v) is 7.12. The summed E-state index contributed by atoms with van der Waals surface area (Å²) in [6.07, 6.45) is -5.80. The molecule has 0 aliphatic rings. The van der Waals surface area contributed by atoms with Gasteiger partial charge in [-0.3, -0.25) is 62.3 Å². The van der Waals surface area contributed by atoms with Crippen LogP contribution in [-0.2, 0) is 68.7 Å². The predicted molar refractivity (Wildman–Crippen MR) is 262 cm³/mol. The molecule has 0 bridgehead atoms. The molecule has 16 N–H and O–H groups in total. The Morgan fingerprint density at radius 2 is 0.933 bits per heavy atom. The van der Waals surface area contributed by atoms with Crippen LogP contribution >= 0.6 is 0 Å². The predicted octanol–water partition coefficient (Wildman–Crippen LogP) is -4.21. The van der Waals surface area contributed by atoms with E-state index < -0.39 is 183 Å². The van der Waals surface area contributed by atoms with Crippen molar-refractivity contribution >= 4 is 77.0 Å². The minimum Gasteiger partial charge on any atom is -0.481 e. The molecule has 1 aromatic rings. The van der Waals surface area contributed by atoms with Gasteiger partial charge in [0, 0.05) is 32.8 Å². The number of carboxylic acids is 3. The van der Waals surface area contributed by atoms with Crippen LogP contribution in [-0.4, -0.2) is 170 Å². The molecule has 1 aromatic carbocycles. The number of nitrogens with one attached hydrogen (secondary N) is 9. The Hall–Kier alpha value is -7.75. The van der Waals surface area contributed by atoms with E-state index in [2.05, 4.69) is 47.9 Å². The van der Waals surface area contributed by atoms with Crippen LogP contribution in [0.3, 0.4) is 0 Å². The Kier molecular flexibility index (Phi) is 28.8.